The van der Waals surface area contributed by atoms with Gasteiger partial charge in [-0.1, -0.05) is 50.2 Å². The predicted octanol–water partition coefficient (Wildman–Crippen LogP) is 10.7. The molecule has 264 valence electrons. The van der Waals surface area contributed by atoms with Crippen LogP contribution in [-0.4, -0.2) is 46.4 Å². The van der Waals surface area contributed by atoms with Gasteiger partial charge in [0.05, 0.1) is 21.4 Å². The molecule has 0 atom stereocenters. The van der Waals surface area contributed by atoms with Gasteiger partial charge in [-0.2, -0.15) is 0 Å². The van der Waals surface area contributed by atoms with Crippen LogP contribution >= 0.6 is 47.0 Å². The topological polar surface area (TPSA) is 58.9 Å². The third-order valence-corrected chi connectivity index (χ3v) is 16.8. The van der Waals surface area contributed by atoms with Crippen LogP contribution in [0.2, 0.25) is 0 Å². The SMILES string of the molecule is CCCOc1c2cccc1Cc1cc(C3(C)SCCS3)cc(c1O)Cc1cccc(c1OCCC)Cc1cc(C3(C)SCCS3)cc(c1O)C2. The van der Waals surface area contributed by atoms with Gasteiger partial charge < -0.3 is 19.7 Å². The molecule has 4 nitrogen and oxygen atoms in total. The van der Waals surface area contributed by atoms with E-state index in [2.05, 4.69) is 88.4 Å². The first-order valence-electron chi connectivity index (χ1n) is 17.9. The highest BCUT2D eigenvalue weighted by Gasteiger charge is 2.35. The quantitative estimate of drug-likeness (QED) is 0.163. The summed E-state index contributed by atoms with van der Waals surface area (Å²) in [6, 6.07) is 21.7. The average Bonchev–Trinajstić information content (AvgIpc) is 3.76. The van der Waals surface area contributed by atoms with Crippen molar-refractivity contribution in [3.8, 4) is 23.0 Å². The first kappa shape index (κ1) is 35.9. The molecular formula is C42H48O4S4. The summed E-state index contributed by atoms with van der Waals surface area (Å²) in [5, 5.41) is 24.1. The van der Waals surface area contributed by atoms with Crippen molar-refractivity contribution >= 4 is 47.0 Å². The van der Waals surface area contributed by atoms with Crippen LogP contribution in [0.25, 0.3) is 0 Å². The number of rotatable bonds is 8. The van der Waals surface area contributed by atoms with E-state index in [-0.39, 0.29) is 8.16 Å². The summed E-state index contributed by atoms with van der Waals surface area (Å²) >= 11 is 7.97. The molecule has 0 saturated carbocycles. The van der Waals surface area contributed by atoms with Crippen LogP contribution < -0.4 is 9.47 Å². The van der Waals surface area contributed by atoms with Gasteiger partial charge in [-0.05, 0) is 107 Å². The lowest BCUT2D eigenvalue weighted by molar-refractivity contribution is 0.311. The van der Waals surface area contributed by atoms with Crippen LogP contribution in [0.1, 0.15) is 96.2 Å². The van der Waals surface area contributed by atoms with Gasteiger partial charge >= 0.3 is 0 Å². The number of hydrogen-bond acceptors (Lipinski definition) is 8. The van der Waals surface area contributed by atoms with Crippen molar-refractivity contribution in [3.05, 3.63) is 116 Å². The van der Waals surface area contributed by atoms with Gasteiger partial charge in [0, 0.05) is 48.7 Å². The molecule has 0 unspecified atom stereocenters. The second-order valence-corrected chi connectivity index (χ2v) is 20.4. The highest BCUT2D eigenvalue weighted by molar-refractivity contribution is 8.21. The molecule has 3 aliphatic rings. The molecule has 0 radical (unpaired) electrons. The number of aromatic hydroxyl groups is 2. The number of phenolic OH excluding ortho intramolecular Hbond substituents is 2. The molecule has 2 aliphatic heterocycles. The summed E-state index contributed by atoms with van der Waals surface area (Å²) in [4.78, 5) is 0. The molecule has 50 heavy (non-hydrogen) atoms. The standard InChI is InChI=1S/C42H48O4S4/c1-5-13-45-39-27-9-7-10-28(39)20-32-24-36(42(4)49-17-18-50-42)26-34(38(32)44)22-30-12-8-11-29(40(30)46-14-6-2)21-33-25-35(23-31(19-27)37(33)43)41(3)47-15-16-48-41/h7-12,23-26,43-44H,5-6,13-22H2,1-4H3. The lowest BCUT2D eigenvalue weighted by Gasteiger charge is -2.27. The Morgan fingerprint density at radius 2 is 0.820 bits per heavy atom. The first-order chi connectivity index (χ1) is 24.2. The fourth-order valence-electron chi connectivity index (χ4n) is 7.38. The van der Waals surface area contributed by atoms with E-state index in [1.807, 2.05) is 47.0 Å². The highest BCUT2D eigenvalue weighted by Crippen LogP contribution is 2.54. The lowest BCUT2D eigenvalue weighted by atomic mass is 9.89. The summed E-state index contributed by atoms with van der Waals surface area (Å²) in [5.74, 6) is 6.90. The van der Waals surface area contributed by atoms with Gasteiger partial charge in [0.15, 0.2) is 0 Å². The molecule has 0 aromatic heterocycles. The van der Waals surface area contributed by atoms with Crippen molar-refractivity contribution in [1.82, 2.24) is 0 Å². The number of benzene rings is 4. The molecule has 4 aromatic rings. The lowest BCUT2D eigenvalue weighted by Crippen LogP contribution is -2.12. The first-order valence-corrected chi connectivity index (χ1v) is 21.9. The monoisotopic (exact) mass is 744 g/mol. The molecule has 0 spiro atoms. The van der Waals surface area contributed by atoms with Crippen LogP contribution in [0.5, 0.6) is 23.0 Å². The van der Waals surface area contributed by atoms with Gasteiger partial charge in [0.1, 0.15) is 23.0 Å². The summed E-state index contributed by atoms with van der Waals surface area (Å²) in [6.45, 7) is 10.1. The van der Waals surface area contributed by atoms with Gasteiger partial charge in [-0.15, -0.1) is 47.0 Å². The van der Waals surface area contributed by atoms with Crippen molar-refractivity contribution in [3.63, 3.8) is 0 Å². The molecule has 8 heteroatoms. The van der Waals surface area contributed by atoms with Crippen molar-refractivity contribution in [2.24, 2.45) is 0 Å². The second kappa shape index (κ2) is 15.2. The van der Waals surface area contributed by atoms with Gasteiger partial charge in [0.25, 0.3) is 0 Å². The maximum atomic E-state index is 12.1. The Balaban J connectivity index is 1.46. The second-order valence-electron chi connectivity index (χ2n) is 13.8. The molecule has 2 N–H and O–H groups in total. The highest BCUT2D eigenvalue weighted by atomic mass is 32.2. The molecule has 2 saturated heterocycles. The Kier molecular flexibility index (Phi) is 10.9. The van der Waals surface area contributed by atoms with Crippen LogP contribution in [0.15, 0.2) is 60.7 Å². The fraction of sp³-hybridized carbons (Fsp3) is 0.429. The van der Waals surface area contributed by atoms with Gasteiger partial charge in [0.2, 0.25) is 0 Å². The normalized spacial score (nSPS) is 17.8. The number of fused-ring (bicyclic) bond motifs is 8. The molecule has 7 rings (SSSR count). The van der Waals surface area contributed by atoms with Crippen LogP contribution in [0, 0.1) is 0 Å². The Labute approximate surface area is 314 Å². The molecule has 2 heterocycles. The maximum absolute atomic E-state index is 12.1. The van der Waals surface area contributed by atoms with Crippen molar-refractivity contribution in [1.29, 1.82) is 0 Å². The van der Waals surface area contributed by atoms with Crippen molar-refractivity contribution in [2.45, 2.75) is 74.4 Å². The third kappa shape index (κ3) is 7.24. The fourth-order valence-corrected chi connectivity index (χ4v) is 13.1. The Morgan fingerprint density at radius 3 is 1.10 bits per heavy atom. The van der Waals surface area contributed by atoms with Crippen LogP contribution in [0.4, 0.5) is 0 Å². The van der Waals surface area contributed by atoms with E-state index in [1.165, 1.54) is 11.1 Å². The minimum absolute atomic E-state index is 0.0741. The molecule has 2 fully saturated rings. The molecule has 0 amide bonds. The Morgan fingerprint density at radius 1 is 0.520 bits per heavy atom. The average molecular weight is 745 g/mol. The molecule has 8 bridgehead atoms. The van der Waals surface area contributed by atoms with Gasteiger partial charge in [-0.25, -0.2) is 0 Å². The van der Waals surface area contributed by atoms with E-state index in [1.54, 1.807) is 0 Å². The van der Waals surface area contributed by atoms with E-state index in [4.69, 9.17) is 9.47 Å². The van der Waals surface area contributed by atoms with Gasteiger partial charge in [-0.3, -0.25) is 0 Å². The van der Waals surface area contributed by atoms with E-state index in [0.717, 1.165) is 91.9 Å². The van der Waals surface area contributed by atoms with E-state index < -0.39 is 0 Å². The maximum Gasteiger partial charge on any atom is 0.126 e. The number of thioether (sulfide) groups is 4. The molecule has 4 aromatic carbocycles. The summed E-state index contributed by atoms with van der Waals surface area (Å²) in [5.41, 5.74) is 10.4. The molecular weight excluding hydrogens is 697 g/mol. The zero-order valence-corrected chi connectivity index (χ0v) is 32.9. The number of hydrogen-bond donors (Lipinski definition) is 2. The number of para-hydroxylation sites is 2. The van der Waals surface area contributed by atoms with Crippen LogP contribution in [0.3, 0.4) is 0 Å². The Hall–Kier alpha value is -2.52. The predicted molar refractivity (Wildman–Crippen MR) is 216 cm³/mol. The Bertz CT molecular complexity index is 1630. The summed E-state index contributed by atoms with van der Waals surface area (Å²) in [7, 11) is 0. The zero-order chi connectivity index (χ0) is 34.9. The largest absolute Gasteiger partial charge is 0.507 e. The van der Waals surface area contributed by atoms with E-state index in [9.17, 15) is 10.2 Å². The minimum atomic E-state index is -0.0741. The van der Waals surface area contributed by atoms with E-state index in [0.29, 0.717) is 50.4 Å². The number of ether oxygens (including phenoxy) is 2. The summed E-state index contributed by atoms with van der Waals surface area (Å²) < 4.78 is 13.0. The number of phenols is 2. The minimum Gasteiger partial charge on any atom is -0.507 e. The summed E-state index contributed by atoms with van der Waals surface area (Å²) in [6.07, 6.45) is 3.98. The van der Waals surface area contributed by atoms with E-state index >= 15 is 0 Å². The zero-order valence-electron chi connectivity index (χ0n) is 29.6. The van der Waals surface area contributed by atoms with Crippen molar-refractivity contribution < 1.29 is 19.7 Å². The smallest absolute Gasteiger partial charge is 0.126 e. The molecule has 1 aliphatic carbocycles. The van der Waals surface area contributed by atoms with Crippen LogP contribution in [-0.2, 0) is 33.8 Å². The third-order valence-electron chi connectivity index (χ3n) is 10.0. The van der Waals surface area contributed by atoms with Crippen molar-refractivity contribution in [2.75, 3.05) is 36.2 Å².